The molecule has 3 aromatic carbocycles. The molecule has 0 saturated heterocycles. The maximum atomic E-state index is 13.0. The summed E-state index contributed by atoms with van der Waals surface area (Å²) in [6.45, 7) is 6.15. The van der Waals surface area contributed by atoms with E-state index >= 15 is 0 Å². The highest BCUT2D eigenvalue weighted by atomic mass is 35.5. The van der Waals surface area contributed by atoms with Gasteiger partial charge >= 0.3 is 0 Å². The third kappa shape index (κ3) is 7.35. The van der Waals surface area contributed by atoms with Crippen LogP contribution in [-0.4, -0.2) is 28.6 Å². The van der Waals surface area contributed by atoms with E-state index in [1.165, 1.54) is 29.8 Å². The molecular weight excluding hydrogens is 501 g/mol. The monoisotopic (exact) mass is 535 g/mol. The second-order valence-corrected chi connectivity index (χ2v) is 10.0. The van der Waals surface area contributed by atoms with Gasteiger partial charge in [-0.25, -0.2) is 9.37 Å². The topological polar surface area (TPSA) is 56.1 Å². The van der Waals surface area contributed by atoms with Gasteiger partial charge in [0.15, 0.2) is 0 Å². The Morgan fingerprint density at radius 3 is 2.47 bits per heavy atom. The molecule has 0 atom stereocenters. The Bertz CT molecular complexity index is 1340. The van der Waals surface area contributed by atoms with Crippen molar-refractivity contribution in [2.75, 3.05) is 13.2 Å². The Kier molecular flexibility index (Phi) is 9.77. The van der Waals surface area contributed by atoms with Crippen LogP contribution in [0.2, 0.25) is 5.02 Å². The van der Waals surface area contributed by atoms with Gasteiger partial charge in [0.25, 0.3) is 5.91 Å². The normalized spacial score (nSPS) is 11.2. The summed E-state index contributed by atoms with van der Waals surface area (Å²) >= 11 is 6.26. The van der Waals surface area contributed by atoms with E-state index in [0.29, 0.717) is 18.7 Å². The number of benzene rings is 3. The average Bonchev–Trinajstić information content (AvgIpc) is 3.26. The van der Waals surface area contributed by atoms with Crippen LogP contribution in [0, 0.1) is 19.7 Å². The largest absolute Gasteiger partial charge is 0.494 e. The van der Waals surface area contributed by atoms with Gasteiger partial charge in [0.1, 0.15) is 17.4 Å². The fourth-order valence-corrected chi connectivity index (χ4v) is 4.72. The summed E-state index contributed by atoms with van der Waals surface area (Å²) in [5.74, 6) is 1.46. The number of nitrogens with zero attached hydrogens (tertiary/aromatic N) is 2. The van der Waals surface area contributed by atoms with Crippen molar-refractivity contribution >= 4 is 28.5 Å². The molecule has 0 bridgehead atoms. The number of carbonyl (C=O) groups excluding carboxylic acids is 1. The summed E-state index contributed by atoms with van der Waals surface area (Å²) in [6.07, 6.45) is 5.69. The number of aryl methyl sites for hydroxylation is 4. The number of halogens is 2. The number of amides is 1. The van der Waals surface area contributed by atoms with Gasteiger partial charge in [0.05, 0.1) is 17.6 Å². The lowest BCUT2D eigenvalue weighted by Crippen LogP contribution is -2.24. The first-order valence-corrected chi connectivity index (χ1v) is 13.7. The number of ether oxygens (including phenoxy) is 1. The Balaban J connectivity index is 1.22. The lowest BCUT2D eigenvalue weighted by Gasteiger charge is -2.12. The molecule has 0 unspecified atom stereocenters. The molecule has 4 rings (SSSR count). The molecule has 1 heterocycles. The van der Waals surface area contributed by atoms with E-state index in [9.17, 15) is 9.18 Å². The molecule has 1 aromatic heterocycles. The lowest BCUT2D eigenvalue weighted by atomic mass is 10.1. The Hall–Kier alpha value is -3.38. The standard InChI is InChI=1S/C31H35ClFN3O2/c1-22-20-26(21-23(2)30(22)32)38-19-9-8-18-36-28-11-6-5-10-27(28)35-29(36)12-4-3-7-17-34-31(37)24-13-15-25(33)16-14-24/h5-6,10-11,13-16,20-21H,3-4,7-9,12,17-19H2,1-2H3,(H,34,37). The SMILES string of the molecule is Cc1cc(OCCCCn2c(CCCCCNC(=O)c3ccc(F)cc3)nc3ccccc32)cc(C)c1Cl. The Morgan fingerprint density at radius 1 is 0.974 bits per heavy atom. The van der Waals surface area contributed by atoms with E-state index in [2.05, 4.69) is 28.1 Å². The van der Waals surface area contributed by atoms with Crippen molar-refractivity contribution in [3.05, 3.63) is 94.0 Å². The molecule has 0 radical (unpaired) electrons. The summed E-state index contributed by atoms with van der Waals surface area (Å²) in [5, 5.41) is 3.71. The molecule has 0 fully saturated rings. The second-order valence-electron chi connectivity index (χ2n) is 9.67. The summed E-state index contributed by atoms with van der Waals surface area (Å²) in [7, 11) is 0. The van der Waals surface area contributed by atoms with Gasteiger partial charge in [0.2, 0.25) is 0 Å². The van der Waals surface area contributed by atoms with E-state index in [4.69, 9.17) is 21.3 Å². The molecule has 4 aromatic rings. The van der Waals surface area contributed by atoms with Crippen molar-refractivity contribution in [2.24, 2.45) is 0 Å². The fraction of sp³-hybridized carbons (Fsp3) is 0.355. The van der Waals surface area contributed by atoms with Crippen molar-refractivity contribution < 1.29 is 13.9 Å². The maximum Gasteiger partial charge on any atom is 0.251 e. The van der Waals surface area contributed by atoms with Crippen LogP contribution in [-0.2, 0) is 13.0 Å². The predicted octanol–water partition coefficient (Wildman–Crippen LogP) is 7.45. The molecular formula is C31H35ClFN3O2. The summed E-state index contributed by atoms with van der Waals surface area (Å²) < 4.78 is 21.4. The first-order chi connectivity index (χ1) is 18.4. The molecule has 5 nitrogen and oxygen atoms in total. The highest BCUT2D eigenvalue weighted by Crippen LogP contribution is 2.26. The zero-order valence-corrected chi connectivity index (χ0v) is 22.9. The van der Waals surface area contributed by atoms with Gasteiger partial charge in [0, 0.05) is 30.1 Å². The van der Waals surface area contributed by atoms with Gasteiger partial charge in [-0.2, -0.15) is 0 Å². The van der Waals surface area contributed by atoms with E-state index in [1.807, 2.05) is 32.0 Å². The number of hydrogen-bond acceptors (Lipinski definition) is 3. The molecule has 38 heavy (non-hydrogen) atoms. The highest BCUT2D eigenvalue weighted by Gasteiger charge is 2.11. The maximum absolute atomic E-state index is 13.0. The van der Waals surface area contributed by atoms with Crippen molar-refractivity contribution in [1.82, 2.24) is 14.9 Å². The number of fused-ring (bicyclic) bond motifs is 1. The second kappa shape index (κ2) is 13.4. The van der Waals surface area contributed by atoms with Crippen LogP contribution in [0.3, 0.4) is 0 Å². The molecule has 0 aliphatic heterocycles. The van der Waals surface area contributed by atoms with Crippen LogP contribution in [0.5, 0.6) is 5.75 Å². The minimum atomic E-state index is -0.344. The van der Waals surface area contributed by atoms with Crippen LogP contribution in [0.4, 0.5) is 4.39 Å². The molecule has 0 aliphatic carbocycles. The molecule has 0 saturated carbocycles. The van der Waals surface area contributed by atoms with Crippen molar-refractivity contribution in [3.63, 3.8) is 0 Å². The molecule has 1 amide bonds. The smallest absolute Gasteiger partial charge is 0.251 e. The number of rotatable bonds is 13. The summed E-state index contributed by atoms with van der Waals surface area (Å²) in [4.78, 5) is 17.1. The number of carbonyl (C=O) groups is 1. The van der Waals surface area contributed by atoms with Gasteiger partial charge in [-0.1, -0.05) is 30.2 Å². The van der Waals surface area contributed by atoms with Crippen molar-refractivity contribution in [3.8, 4) is 5.75 Å². The molecule has 0 spiro atoms. The average molecular weight is 536 g/mol. The van der Waals surface area contributed by atoms with Gasteiger partial charge in [-0.05, 0) is 99.2 Å². The van der Waals surface area contributed by atoms with E-state index in [1.54, 1.807) is 0 Å². The molecule has 0 aliphatic rings. The zero-order valence-electron chi connectivity index (χ0n) is 22.1. The number of hydrogen-bond donors (Lipinski definition) is 1. The Morgan fingerprint density at radius 2 is 1.71 bits per heavy atom. The molecule has 200 valence electrons. The van der Waals surface area contributed by atoms with E-state index in [0.717, 1.165) is 78.3 Å². The predicted molar refractivity (Wildman–Crippen MR) is 152 cm³/mol. The van der Waals surface area contributed by atoms with Crippen molar-refractivity contribution in [1.29, 1.82) is 0 Å². The molecule has 1 N–H and O–H groups in total. The fourth-order valence-electron chi connectivity index (χ4n) is 4.61. The number of unbranched alkanes of at least 4 members (excludes halogenated alkanes) is 3. The highest BCUT2D eigenvalue weighted by molar-refractivity contribution is 6.32. The minimum Gasteiger partial charge on any atom is -0.494 e. The quantitative estimate of drug-likeness (QED) is 0.181. The summed E-state index contributed by atoms with van der Waals surface area (Å²) in [5.41, 5.74) is 4.73. The van der Waals surface area contributed by atoms with Crippen LogP contribution in [0.25, 0.3) is 11.0 Å². The number of aromatic nitrogens is 2. The van der Waals surface area contributed by atoms with E-state index in [-0.39, 0.29) is 11.7 Å². The van der Waals surface area contributed by atoms with E-state index < -0.39 is 0 Å². The Labute approximate surface area is 229 Å². The van der Waals surface area contributed by atoms with Crippen LogP contribution < -0.4 is 10.1 Å². The molecule has 7 heteroatoms. The van der Waals surface area contributed by atoms with Crippen LogP contribution in [0.15, 0.2) is 60.7 Å². The van der Waals surface area contributed by atoms with Gasteiger partial charge in [-0.15, -0.1) is 0 Å². The summed E-state index contributed by atoms with van der Waals surface area (Å²) in [6, 6.07) is 17.9. The van der Waals surface area contributed by atoms with Gasteiger partial charge < -0.3 is 14.6 Å². The van der Waals surface area contributed by atoms with Gasteiger partial charge in [-0.3, -0.25) is 4.79 Å². The zero-order chi connectivity index (χ0) is 26.9. The third-order valence-electron chi connectivity index (χ3n) is 6.66. The third-order valence-corrected chi connectivity index (χ3v) is 7.25. The van der Waals surface area contributed by atoms with Crippen molar-refractivity contribution in [2.45, 2.75) is 58.9 Å². The van der Waals surface area contributed by atoms with Crippen LogP contribution >= 0.6 is 11.6 Å². The van der Waals surface area contributed by atoms with Crippen LogP contribution in [0.1, 0.15) is 59.4 Å². The number of imidazole rings is 1. The lowest BCUT2D eigenvalue weighted by molar-refractivity contribution is 0.0953. The minimum absolute atomic E-state index is 0.169. The number of nitrogens with one attached hydrogen (secondary N) is 1. The first kappa shape index (κ1) is 27.6. The first-order valence-electron chi connectivity index (χ1n) is 13.3. The number of para-hydroxylation sites is 2.